The number of rotatable bonds is 6. The first kappa shape index (κ1) is 14.8. The van der Waals surface area contributed by atoms with Crippen LogP contribution < -0.4 is 4.72 Å². The smallest absolute Gasteiger partial charge is 0.279 e. The molecule has 6 heteroatoms. The van der Waals surface area contributed by atoms with Crippen molar-refractivity contribution < 1.29 is 13.5 Å². The molecule has 0 radical (unpaired) electrons. The van der Waals surface area contributed by atoms with Crippen molar-refractivity contribution in [2.75, 3.05) is 20.2 Å². The van der Waals surface area contributed by atoms with Crippen LogP contribution in [0.4, 0.5) is 0 Å². The Hall–Kier alpha value is -0.170. The highest BCUT2D eigenvalue weighted by Gasteiger charge is 2.24. The number of hydrogen-bond donors (Lipinski definition) is 2. The molecule has 0 aromatic heterocycles. The highest BCUT2D eigenvalue weighted by molar-refractivity contribution is 7.87. The van der Waals surface area contributed by atoms with Crippen molar-refractivity contribution in [2.45, 2.75) is 33.7 Å². The van der Waals surface area contributed by atoms with Gasteiger partial charge in [0.1, 0.15) is 0 Å². The van der Waals surface area contributed by atoms with Crippen LogP contribution in [0.2, 0.25) is 0 Å². The molecule has 2 N–H and O–H groups in total. The summed E-state index contributed by atoms with van der Waals surface area (Å²) >= 11 is 0. The van der Waals surface area contributed by atoms with Gasteiger partial charge in [0, 0.05) is 31.7 Å². The van der Waals surface area contributed by atoms with E-state index in [9.17, 15) is 8.42 Å². The van der Waals surface area contributed by atoms with Crippen LogP contribution in [0.15, 0.2) is 0 Å². The maximum absolute atomic E-state index is 11.7. The molecule has 0 aliphatic rings. The molecule has 0 unspecified atom stereocenters. The Balaban J connectivity index is 4.42. The summed E-state index contributed by atoms with van der Waals surface area (Å²) in [7, 11) is -1.90. The van der Waals surface area contributed by atoms with Gasteiger partial charge in [0.05, 0.1) is 0 Å². The zero-order valence-electron chi connectivity index (χ0n) is 10.1. The standard InChI is InChI=1S/C9H22N2O3S/c1-8(2)11(5)15(13,14)10-6-9(3,4)7-12/h8,10,12H,6-7H2,1-5H3. The molecule has 92 valence electrons. The van der Waals surface area contributed by atoms with Gasteiger partial charge in [-0.1, -0.05) is 13.8 Å². The van der Waals surface area contributed by atoms with E-state index in [1.165, 1.54) is 11.4 Å². The lowest BCUT2D eigenvalue weighted by Crippen LogP contribution is -2.45. The third-order valence-electron chi connectivity index (χ3n) is 2.27. The summed E-state index contributed by atoms with van der Waals surface area (Å²) in [6, 6.07) is -0.0836. The van der Waals surface area contributed by atoms with Crippen LogP contribution in [-0.4, -0.2) is 44.1 Å². The molecule has 0 aromatic carbocycles. The first-order valence-corrected chi connectivity index (χ1v) is 6.40. The number of aliphatic hydroxyl groups excluding tert-OH is 1. The lowest BCUT2D eigenvalue weighted by Gasteiger charge is -2.26. The molecule has 5 nitrogen and oxygen atoms in total. The molecule has 0 bridgehead atoms. The van der Waals surface area contributed by atoms with Crippen molar-refractivity contribution in [3.8, 4) is 0 Å². The monoisotopic (exact) mass is 238 g/mol. The Bertz CT molecular complexity index is 286. The van der Waals surface area contributed by atoms with Crippen LogP contribution >= 0.6 is 0 Å². The second kappa shape index (κ2) is 5.25. The molecule has 0 heterocycles. The van der Waals surface area contributed by atoms with Gasteiger partial charge < -0.3 is 5.11 Å². The molecule has 0 saturated heterocycles. The molecule has 0 aromatic rings. The number of nitrogens with one attached hydrogen (secondary N) is 1. The Morgan fingerprint density at radius 3 is 2.20 bits per heavy atom. The zero-order chi connectivity index (χ0) is 12.3. The second-order valence-corrected chi connectivity index (χ2v) is 6.57. The van der Waals surface area contributed by atoms with E-state index in [-0.39, 0.29) is 19.2 Å². The van der Waals surface area contributed by atoms with Crippen molar-refractivity contribution >= 4 is 10.2 Å². The van der Waals surface area contributed by atoms with Crippen molar-refractivity contribution in [3.63, 3.8) is 0 Å². The first-order chi connectivity index (χ1) is 6.62. The van der Waals surface area contributed by atoms with Gasteiger partial charge in [0.2, 0.25) is 0 Å². The fourth-order valence-corrected chi connectivity index (χ4v) is 2.05. The molecular formula is C9H22N2O3S. The van der Waals surface area contributed by atoms with Crippen LogP contribution in [0.5, 0.6) is 0 Å². The summed E-state index contributed by atoms with van der Waals surface area (Å²) in [5.74, 6) is 0. The normalized spacial score (nSPS) is 13.9. The first-order valence-electron chi connectivity index (χ1n) is 4.96. The third kappa shape index (κ3) is 4.92. The summed E-state index contributed by atoms with van der Waals surface area (Å²) in [6.45, 7) is 7.37. The molecule has 0 spiro atoms. The summed E-state index contributed by atoms with van der Waals surface area (Å²) in [4.78, 5) is 0. The van der Waals surface area contributed by atoms with Crippen LogP contribution in [0.3, 0.4) is 0 Å². The van der Waals surface area contributed by atoms with E-state index in [0.717, 1.165) is 0 Å². The summed E-state index contributed by atoms with van der Waals surface area (Å²) < 4.78 is 27.1. The molecule has 0 rings (SSSR count). The fourth-order valence-electron chi connectivity index (χ4n) is 0.722. The largest absolute Gasteiger partial charge is 0.396 e. The molecule has 0 atom stereocenters. The number of hydrogen-bond acceptors (Lipinski definition) is 3. The predicted octanol–water partition coefficient (Wildman–Crippen LogP) is 0.179. The minimum absolute atomic E-state index is 0.0546. The van der Waals surface area contributed by atoms with Crippen molar-refractivity contribution in [1.29, 1.82) is 0 Å². The maximum atomic E-state index is 11.7. The van der Waals surface area contributed by atoms with Gasteiger partial charge in [-0.2, -0.15) is 12.7 Å². The SMILES string of the molecule is CC(C)N(C)S(=O)(=O)NCC(C)(C)CO. The summed E-state index contributed by atoms with van der Waals surface area (Å²) in [5.41, 5.74) is -0.440. The highest BCUT2D eigenvalue weighted by Crippen LogP contribution is 2.12. The van der Waals surface area contributed by atoms with E-state index < -0.39 is 15.6 Å². The molecule has 0 amide bonds. The quantitative estimate of drug-likeness (QED) is 0.693. The minimum Gasteiger partial charge on any atom is -0.396 e. The lowest BCUT2D eigenvalue weighted by molar-refractivity contribution is 0.162. The van der Waals surface area contributed by atoms with Crippen molar-refractivity contribution in [2.24, 2.45) is 5.41 Å². The highest BCUT2D eigenvalue weighted by atomic mass is 32.2. The molecule has 0 saturated carbocycles. The van der Waals surface area contributed by atoms with Crippen LogP contribution in [-0.2, 0) is 10.2 Å². The van der Waals surface area contributed by atoms with Crippen LogP contribution in [0, 0.1) is 5.41 Å². The van der Waals surface area contributed by atoms with Crippen LogP contribution in [0.1, 0.15) is 27.7 Å². The third-order valence-corrected chi connectivity index (χ3v) is 3.96. The average Bonchev–Trinajstić information content (AvgIpc) is 2.14. The van der Waals surface area contributed by atoms with Crippen molar-refractivity contribution in [3.05, 3.63) is 0 Å². The minimum atomic E-state index is -3.43. The Morgan fingerprint density at radius 1 is 1.40 bits per heavy atom. The average molecular weight is 238 g/mol. The zero-order valence-corrected chi connectivity index (χ0v) is 10.9. The molecule has 0 fully saturated rings. The van der Waals surface area contributed by atoms with E-state index >= 15 is 0 Å². The van der Waals surface area contributed by atoms with Gasteiger partial charge in [0.25, 0.3) is 10.2 Å². The van der Waals surface area contributed by atoms with Gasteiger partial charge in [-0.25, -0.2) is 4.72 Å². The topological polar surface area (TPSA) is 69.6 Å². The molecule has 0 aliphatic carbocycles. The van der Waals surface area contributed by atoms with Gasteiger partial charge in [-0.15, -0.1) is 0 Å². The summed E-state index contributed by atoms with van der Waals surface area (Å²) in [5, 5.41) is 8.99. The second-order valence-electron chi connectivity index (χ2n) is 4.76. The Kier molecular flexibility index (Phi) is 5.19. The van der Waals surface area contributed by atoms with Gasteiger partial charge in [-0.05, 0) is 13.8 Å². The predicted molar refractivity (Wildman–Crippen MR) is 60.7 cm³/mol. The van der Waals surface area contributed by atoms with Gasteiger partial charge in [0.15, 0.2) is 0 Å². The van der Waals surface area contributed by atoms with E-state index in [1.807, 2.05) is 0 Å². The van der Waals surface area contributed by atoms with Gasteiger partial charge >= 0.3 is 0 Å². The summed E-state index contributed by atoms with van der Waals surface area (Å²) in [6.07, 6.45) is 0. The molecule has 0 aliphatic heterocycles. The van der Waals surface area contributed by atoms with E-state index in [2.05, 4.69) is 4.72 Å². The molecule has 15 heavy (non-hydrogen) atoms. The van der Waals surface area contributed by atoms with Gasteiger partial charge in [-0.3, -0.25) is 0 Å². The van der Waals surface area contributed by atoms with E-state index in [4.69, 9.17) is 5.11 Å². The maximum Gasteiger partial charge on any atom is 0.279 e. The van der Waals surface area contributed by atoms with E-state index in [0.29, 0.717) is 0 Å². The van der Waals surface area contributed by atoms with E-state index in [1.54, 1.807) is 27.7 Å². The number of aliphatic hydroxyl groups is 1. The van der Waals surface area contributed by atoms with Crippen molar-refractivity contribution in [1.82, 2.24) is 9.03 Å². The number of nitrogens with zero attached hydrogens (tertiary/aromatic N) is 1. The lowest BCUT2D eigenvalue weighted by atomic mass is 9.96. The fraction of sp³-hybridized carbons (Fsp3) is 1.00. The Morgan fingerprint density at radius 2 is 1.87 bits per heavy atom. The molecular weight excluding hydrogens is 216 g/mol. The van der Waals surface area contributed by atoms with Crippen LogP contribution in [0.25, 0.3) is 0 Å². The Labute approximate surface area is 92.7 Å².